The highest BCUT2D eigenvalue weighted by molar-refractivity contribution is 7.16. The molecule has 5 nitrogen and oxygen atoms in total. The third-order valence-electron chi connectivity index (χ3n) is 3.89. The zero-order chi connectivity index (χ0) is 20.3. The van der Waals surface area contributed by atoms with Gasteiger partial charge in [-0.25, -0.2) is 13.8 Å². The number of nitrogens with zero attached hydrogens (tertiary/aromatic N) is 1. The lowest BCUT2D eigenvalue weighted by Gasteiger charge is -2.15. The summed E-state index contributed by atoms with van der Waals surface area (Å²) in [5, 5.41) is 7.72. The van der Waals surface area contributed by atoms with Crippen LogP contribution in [-0.2, 0) is 9.59 Å². The van der Waals surface area contributed by atoms with Crippen molar-refractivity contribution in [3.05, 3.63) is 57.1 Å². The fourth-order valence-electron chi connectivity index (χ4n) is 2.67. The molecule has 1 atom stereocenters. The number of thiophene rings is 1. The molecule has 0 fully saturated rings. The number of anilines is 1. The van der Waals surface area contributed by atoms with Gasteiger partial charge in [-0.3, -0.25) is 9.59 Å². The van der Waals surface area contributed by atoms with Crippen LogP contribution in [0.15, 0.2) is 35.7 Å². The van der Waals surface area contributed by atoms with E-state index in [1.807, 2.05) is 17.5 Å². The minimum atomic E-state index is -0.954. The molecule has 3 aromatic rings. The maximum Gasteiger partial charge on any atom is 0.228 e. The monoisotopic (exact) mass is 421 g/mol. The summed E-state index contributed by atoms with van der Waals surface area (Å²) in [4.78, 5) is 29.9. The van der Waals surface area contributed by atoms with Crippen LogP contribution in [0.25, 0.3) is 11.3 Å². The Balaban J connectivity index is 1.73. The van der Waals surface area contributed by atoms with Gasteiger partial charge in [-0.1, -0.05) is 6.07 Å². The molecule has 28 heavy (non-hydrogen) atoms. The minimum Gasteiger partial charge on any atom is -0.348 e. The fraction of sp³-hybridized carbons (Fsp3) is 0.211. The molecule has 0 aliphatic rings. The Labute approximate surface area is 168 Å². The van der Waals surface area contributed by atoms with Crippen molar-refractivity contribution in [1.29, 1.82) is 0 Å². The predicted molar refractivity (Wildman–Crippen MR) is 106 cm³/mol. The van der Waals surface area contributed by atoms with Crippen molar-refractivity contribution in [3.8, 4) is 11.3 Å². The number of thiazole rings is 1. The predicted octanol–water partition coefficient (Wildman–Crippen LogP) is 4.66. The zero-order valence-electron chi connectivity index (χ0n) is 15.1. The summed E-state index contributed by atoms with van der Waals surface area (Å²) in [6, 6.07) is 6.84. The topological polar surface area (TPSA) is 71.1 Å². The van der Waals surface area contributed by atoms with Gasteiger partial charge in [0.05, 0.1) is 18.2 Å². The Morgan fingerprint density at radius 3 is 2.64 bits per heavy atom. The second kappa shape index (κ2) is 8.57. The van der Waals surface area contributed by atoms with E-state index in [0.717, 1.165) is 21.9 Å². The van der Waals surface area contributed by atoms with E-state index in [-0.39, 0.29) is 18.2 Å². The molecule has 3 rings (SSSR count). The molecule has 9 heteroatoms. The number of amides is 2. The first-order chi connectivity index (χ1) is 13.3. The first kappa shape index (κ1) is 20.1. The number of halogens is 2. The third kappa shape index (κ3) is 4.79. The SMILES string of the molecule is CC(=O)N[C@@H](CC(=O)Nc1nc(-c2ccc(F)c(F)c2)c(C)s1)c1cccs1. The van der Waals surface area contributed by atoms with Crippen molar-refractivity contribution in [1.82, 2.24) is 10.3 Å². The molecule has 0 unspecified atom stereocenters. The molecule has 146 valence electrons. The van der Waals surface area contributed by atoms with Gasteiger partial charge in [-0.15, -0.1) is 22.7 Å². The summed E-state index contributed by atoms with van der Waals surface area (Å²) in [6.45, 7) is 3.19. The second-order valence-corrected chi connectivity index (χ2v) is 8.26. The maximum absolute atomic E-state index is 13.5. The first-order valence-electron chi connectivity index (χ1n) is 8.36. The second-order valence-electron chi connectivity index (χ2n) is 6.07. The van der Waals surface area contributed by atoms with Crippen molar-refractivity contribution in [3.63, 3.8) is 0 Å². The van der Waals surface area contributed by atoms with E-state index in [1.54, 1.807) is 6.92 Å². The van der Waals surface area contributed by atoms with Crippen LogP contribution in [-0.4, -0.2) is 16.8 Å². The molecule has 0 aliphatic heterocycles. The molecule has 2 N–H and O–H groups in total. The Bertz CT molecular complexity index is 1000. The maximum atomic E-state index is 13.5. The van der Waals surface area contributed by atoms with Gasteiger partial charge in [-0.05, 0) is 36.6 Å². The van der Waals surface area contributed by atoms with Crippen molar-refractivity contribution >= 4 is 39.6 Å². The number of rotatable bonds is 6. The molecule has 0 spiro atoms. The lowest BCUT2D eigenvalue weighted by Crippen LogP contribution is -2.29. The Kier molecular flexibility index (Phi) is 6.15. The molecular formula is C19H17F2N3O2S2. The molecule has 0 aliphatic carbocycles. The lowest BCUT2D eigenvalue weighted by molar-refractivity contribution is -0.120. The molecule has 0 saturated heterocycles. The van der Waals surface area contributed by atoms with Crippen molar-refractivity contribution < 1.29 is 18.4 Å². The summed E-state index contributed by atoms with van der Waals surface area (Å²) in [6.07, 6.45) is 0.0548. The van der Waals surface area contributed by atoms with Gasteiger partial charge in [0, 0.05) is 22.2 Å². The van der Waals surface area contributed by atoms with Crippen LogP contribution < -0.4 is 10.6 Å². The number of benzene rings is 1. The highest BCUT2D eigenvalue weighted by Gasteiger charge is 2.20. The normalized spacial score (nSPS) is 11.9. The summed E-state index contributed by atoms with van der Waals surface area (Å²) >= 11 is 2.70. The largest absolute Gasteiger partial charge is 0.348 e. The number of carbonyl (C=O) groups is 2. The Morgan fingerprint density at radius 1 is 1.21 bits per heavy atom. The van der Waals surface area contributed by atoms with E-state index in [0.29, 0.717) is 16.4 Å². The highest BCUT2D eigenvalue weighted by Crippen LogP contribution is 2.31. The summed E-state index contributed by atoms with van der Waals surface area (Å²) in [5.74, 6) is -2.41. The van der Waals surface area contributed by atoms with Gasteiger partial charge in [-0.2, -0.15) is 0 Å². The number of hydrogen-bond donors (Lipinski definition) is 2. The number of aryl methyl sites for hydroxylation is 1. The quantitative estimate of drug-likeness (QED) is 0.608. The fourth-order valence-corrected chi connectivity index (χ4v) is 4.30. The number of aromatic nitrogens is 1. The van der Waals surface area contributed by atoms with Gasteiger partial charge in [0.1, 0.15) is 0 Å². The zero-order valence-corrected chi connectivity index (χ0v) is 16.7. The van der Waals surface area contributed by atoms with Crippen molar-refractivity contribution in [2.24, 2.45) is 0 Å². The van der Waals surface area contributed by atoms with Crippen molar-refractivity contribution in [2.45, 2.75) is 26.3 Å². The van der Waals surface area contributed by atoms with Gasteiger partial charge in [0.25, 0.3) is 0 Å². The first-order valence-corrected chi connectivity index (χ1v) is 10.1. The molecular weight excluding hydrogens is 404 g/mol. The average Bonchev–Trinajstić information content (AvgIpc) is 3.26. The lowest BCUT2D eigenvalue weighted by atomic mass is 10.1. The molecule has 0 saturated carbocycles. The third-order valence-corrected chi connectivity index (χ3v) is 5.76. The van der Waals surface area contributed by atoms with Gasteiger partial charge in [0.15, 0.2) is 16.8 Å². The Hall–Kier alpha value is -2.65. The number of carbonyl (C=O) groups excluding carboxylic acids is 2. The van der Waals surface area contributed by atoms with Gasteiger partial charge >= 0.3 is 0 Å². The molecule has 0 radical (unpaired) electrons. The van der Waals surface area contributed by atoms with Crippen LogP contribution in [0.4, 0.5) is 13.9 Å². The molecule has 2 amide bonds. The van der Waals surface area contributed by atoms with E-state index < -0.39 is 17.7 Å². The average molecular weight is 421 g/mol. The van der Waals surface area contributed by atoms with E-state index >= 15 is 0 Å². The van der Waals surface area contributed by atoms with E-state index in [4.69, 9.17) is 0 Å². The standard InChI is InChI=1S/C19H17F2N3O2S2/c1-10-18(12-5-6-13(20)14(21)8-12)24-19(28-10)23-17(26)9-15(22-11(2)25)16-4-3-7-27-16/h3-8,15H,9H2,1-2H3,(H,22,25)(H,23,24,26)/t15-/m0/s1. The van der Waals surface area contributed by atoms with Crippen LogP contribution in [0.1, 0.15) is 29.1 Å². The van der Waals surface area contributed by atoms with Crippen LogP contribution >= 0.6 is 22.7 Å². The number of hydrogen-bond acceptors (Lipinski definition) is 5. The summed E-state index contributed by atoms with van der Waals surface area (Å²) in [5.41, 5.74) is 0.915. The van der Waals surface area contributed by atoms with Gasteiger partial charge in [0.2, 0.25) is 11.8 Å². The molecule has 2 heterocycles. The van der Waals surface area contributed by atoms with Crippen LogP contribution in [0.5, 0.6) is 0 Å². The van der Waals surface area contributed by atoms with Crippen LogP contribution in [0, 0.1) is 18.6 Å². The smallest absolute Gasteiger partial charge is 0.228 e. The summed E-state index contributed by atoms with van der Waals surface area (Å²) < 4.78 is 26.6. The number of nitrogens with one attached hydrogen (secondary N) is 2. The van der Waals surface area contributed by atoms with E-state index in [1.165, 1.54) is 35.7 Å². The van der Waals surface area contributed by atoms with E-state index in [9.17, 15) is 18.4 Å². The van der Waals surface area contributed by atoms with Crippen molar-refractivity contribution in [2.75, 3.05) is 5.32 Å². The van der Waals surface area contributed by atoms with Crippen LogP contribution in [0.3, 0.4) is 0 Å². The Morgan fingerprint density at radius 2 is 2.00 bits per heavy atom. The van der Waals surface area contributed by atoms with Crippen LogP contribution in [0.2, 0.25) is 0 Å². The summed E-state index contributed by atoms with van der Waals surface area (Å²) in [7, 11) is 0. The van der Waals surface area contributed by atoms with E-state index in [2.05, 4.69) is 15.6 Å². The molecule has 1 aromatic carbocycles. The minimum absolute atomic E-state index is 0.0548. The van der Waals surface area contributed by atoms with Gasteiger partial charge < -0.3 is 10.6 Å². The highest BCUT2D eigenvalue weighted by atomic mass is 32.1. The molecule has 2 aromatic heterocycles. The molecule has 0 bridgehead atoms.